The number of aromatic nitrogens is 2. The van der Waals surface area contributed by atoms with Crippen molar-refractivity contribution >= 4 is 22.8 Å². The molecule has 1 aromatic carbocycles. The number of aryl methyl sites for hydroxylation is 1. The van der Waals surface area contributed by atoms with Crippen LogP contribution < -0.4 is 5.32 Å². The first-order valence-electron chi connectivity index (χ1n) is 6.37. The number of hydrogen-bond donors (Lipinski definition) is 2. The number of hydrogen-bond acceptors (Lipinski definition) is 4. The van der Waals surface area contributed by atoms with Crippen molar-refractivity contribution in [3.63, 3.8) is 0 Å². The molecule has 0 aliphatic carbocycles. The maximum Gasteiger partial charge on any atom is 0.303 e. The third-order valence-corrected chi connectivity index (χ3v) is 3.32. The molecule has 0 aliphatic rings. The zero-order valence-electron chi connectivity index (χ0n) is 11.5. The summed E-state index contributed by atoms with van der Waals surface area (Å²) in [6.45, 7) is 0. The summed E-state index contributed by atoms with van der Waals surface area (Å²) in [5.41, 5.74) is 2.25. The standard InChI is InChI=1S/C14H17N3O3/c1-15-10(4-6-13(18)19)14(20)9-3-5-12-11(7-9)16-8-17(12)2/h3,5,7-8,10,15H,4,6H2,1-2H3,(H,18,19). The van der Waals surface area contributed by atoms with E-state index in [-0.39, 0.29) is 18.6 Å². The largest absolute Gasteiger partial charge is 0.481 e. The van der Waals surface area contributed by atoms with Crippen molar-refractivity contribution in [3.8, 4) is 0 Å². The SMILES string of the molecule is CNC(CCC(=O)O)C(=O)c1ccc2c(c1)ncn2C. The Morgan fingerprint density at radius 1 is 1.45 bits per heavy atom. The first-order chi connectivity index (χ1) is 9.52. The second kappa shape index (κ2) is 5.83. The molecular formula is C14H17N3O3. The molecule has 0 spiro atoms. The highest BCUT2D eigenvalue weighted by molar-refractivity contribution is 6.02. The van der Waals surface area contributed by atoms with E-state index in [0.29, 0.717) is 5.56 Å². The average molecular weight is 275 g/mol. The van der Waals surface area contributed by atoms with Gasteiger partial charge in [0, 0.05) is 19.0 Å². The van der Waals surface area contributed by atoms with Gasteiger partial charge in [-0.2, -0.15) is 0 Å². The summed E-state index contributed by atoms with van der Waals surface area (Å²) in [5, 5.41) is 11.6. The molecule has 1 heterocycles. The van der Waals surface area contributed by atoms with E-state index in [1.807, 2.05) is 17.7 Å². The summed E-state index contributed by atoms with van der Waals surface area (Å²) in [4.78, 5) is 27.2. The van der Waals surface area contributed by atoms with E-state index in [0.717, 1.165) is 11.0 Å². The van der Waals surface area contributed by atoms with Crippen molar-refractivity contribution in [1.29, 1.82) is 0 Å². The van der Waals surface area contributed by atoms with E-state index in [4.69, 9.17) is 5.11 Å². The number of carboxylic acid groups (broad SMARTS) is 1. The van der Waals surface area contributed by atoms with E-state index in [9.17, 15) is 9.59 Å². The van der Waals surface area contributed by atoms with Crippen molar-refractivity contribution in [1.82, 2.24) is 14.9 Å². The zero-order valence-corrected chi connectivity index (χ0v) is 11.5. The van der Waals surface area contributed by atoms with Crippen LogP contribution in [0.4, 0.5) is 0 Å². The number of fused-ring (bicyclic) bond motifs is 1. The lowest BCUT2D eigenvalue weighted by molar-refractivity contribution is -0.137. The molecule has 6 heteroatoms. The van der Waals surface area contributed by atoms with Gasteiger partial charge in [-0.25, -0.2) is 4.98 Å². The molecule has 106 valence electrons. The molecule has 1 atom stereocenters. The number of ketones is 1. The van der Waals surface area contributed by atoms with Crippen molar-refractivity contribution < 1.29 is 14.7 Å². The Hall–Kier alpha value is -2.21. The van der Waals surface area contributed by atoms with Crippen LogP contribution in [0.5, 0.6) is 0 Å². The number of Topliss-reactive ketones (excluding diaryl/α,β-unsaturated/α-hetero) is 1. The Morgan fingerprint density at radius 3 is 2.85 bits per heavy atom. The van der Waals surface area contributed by atoms with Gasteiger partial charge in [0.25, 0.3) is 0 Å². The fourth-order valence-electron chi connectivity index (χ4n) is 2.16. The molecule has 20 heavy (non-hydrogen) atoms. The van der Waals surface area contributed by atoms with Gasteiger partial charge in [0.15, 0.2) is 5.78 Å². The van der Waals surface area contributed by atoms with E-state index in [2.05, 4.69) is 10.3 Å². The summed E-state index contributed by atoms with van der Waals surface area (Å²) >= 11 is 0. The highest BCUT2D eigenvalue weighted by atomic mass is 16.4. The number of nitrogens with zero attached hydrogens (tertiary/aromatic N) is 2. The second-order valence-corrected chi connectivity index (χ2v) is 4.70. The van der Waals surface area contributed by atoms with Crippen LogP contribution in [0.1, 0.15) is 23.2 Å². The van der Waals surface area contributed by atoms with Crippen molar-refractivity contribution in [2.75, 3.05) is 7.05 Å². The number of imidazole rings is 1. The number of carbonyl (C=O) groups excluding carboxylic acids is 1. The Kier molecular flexibility index (Phi) is 4.14. The highest BCUT2D eigenvalue weighted by Crippen LogP contribution is 2.16. The molecule has 1 unspecified atom stereocenters. The van der Waals surface area contributed by atoms with Gasteiger partial charge in [-0.15, -0.1) is 0 Å². The van der Waals surface area contributed by atoms with E-state index >= 15 is 0 Å². The van der Waals surface area contributed by atoms with Crippen LogP contribution in [0.15, 0.2) is 24.5 Å². The normalized spacial score (nSPS) is 12.5. The second-order valence-electron chi connectivity index (χ2n) is 4.70. The topological polar surface area (TPSA) is 84.2 Å². The smallest absolute Gasteiger partial charge is 0.303 e. The van der Waals surface area contributed by atoms with Crippen LogP contribution in [-0.4, -0.2) is 39.5 Å². The first-order valence-corrected chi connectivity index (χ1v) is 6.37. The Balaban J connectivity index is 2.22. The summed E-state index contributed by atoms with van der Waals surface area (Å²) < 4.78 is 1.88. The molecule has 2 N–H and O–H groups in total. The quantitative estimate of drug-likeness (QED) is 0.774. The highest BCUT2D eigenvalue weighted by Gasteiger charge is 2.19. The number of nitrogens with one attached hydrogen (secondary N) is 1. The minimum atomic E-state index is -0.904. The molecule has 0 bridgehead atoms. The molecule has 2 rings (SSSR count). The minimum absolute atomic E-state index is 0.0386. The summed E-state index contributed by atoms with van der Waals surface area (Å²) in [7, 11) is 3.55. The van der Waals surface area contributed by atoms with Crippen LogP contribution in [0, 0.1) is 0 Å². The number of likely N-dealkylation sites (N-methyl/N-ethyl adjacent to an activating group) is 1. The number of aliphatic carboxylic acids is 1. The molecule has 1 aromatic heterocycles. The predicted molar refractivity (Wildman–Crippen MR) is 74.8 cm³/mol. The molecule has 0 amide bonds. The minimum Gasteiger partial charge on any atom is -0.481 e. The van der Waals surface area contributed by atoms with E-state index < -0.39 is 12.0 Å². The van der Waals surface area contributed by atoms with Gasteiger partial charge in [0.1, 0.15) is 0 Å². The van der Waals surface area contributed by atoms with Gasteiger partial charge in [-0.1, -0.05) is 0 Å². The first kappa shape index (κ1) is 14.2. The van der Waals surface area contributed by atoms with Crippen LogP contribution in [0.25, 0.3) is 11.0 Å². The molecule has 2 aromatic rings. The third kappa shape index (κ3) is 2.85. The maximum absolute atomic E-state index is 12.3. The lowest BCUT2D eigenvalue weighted by Gasteiger charge is -2.13. The van der Waals surface area contributed by atoms with Crippen LogP contribution >= 0.6 is 0 Å². The van der Waals surface area contributed by atoms with Crippen molar-refractivity contribution in [2.45, 2.75) is 18.9 Å². The molecule has 6 nitrogen and oxygen atoms in total. The van der Waals surface area contributed by atoms with Gasteiger partial charge in [-0.3, -0.25) is 9.59 Å². The van der Waals surface area contributed by atoms with Gasteiger partial charge in [0.2, 0.25) is 0 Å². The molecule has 0 saturated carbocycles. The Bertz CT molecular complexity index is 648. The Morgan fingerprint density at radius 2 is 2.20 bits per heavy atom. The van der Waals surface area contributed by atoms with Gasteiger partial charge in [-0.05, 0) is 31.7 Å². The fraction of sp³-hybridized carbons (Fsp3) is 0.357. The van der Waals surface area contributed by atoms with E-state index in [1.165, 1.54) is 0 Å². The average Bonchev–Trinajstić information content (AvgIpc) is 2.80. The lowest BCUT2D eigenvalue weighted by Crippen LogP contribution is -2.34. The van der Waals surface area contributed by atoms with Crippen LogP contribution in [0.2, 0.25) is 0 Å². The summed E-state index contributed by atoms with van der Waals surface area (Å²) in [6, 6.07) is 4.84. The molecule has 0 saturated heterocycles. The fourth-order valence-corrected chi connectivity index (χ4v) is 2.16. The zero-order chi connectivity index (χ0) is 14.7. The number of carbonyl (C=O) groups is 2. The van der Waals surface area contributed by atoms with Crippen molar-refractivity contribution in [3.05, 3.63) is 30.1 Å². The van der Waals surface area contributed by atoms with Crippen LogP contribution in [0.3, 0.4) is 0 Å². The molecule has 0 fully saturated rings. The molecule has 0 radical (unpaired) electrons. The third-order valence-electron chi connectivity index (χ3n) is 3.32. The molecular weight excluding hydrogens is 258 g/mol. The van der Waals surface area contributed by atoms with E-state index in [1.54, 1.807) is 25.5 Å². The number of rotatable bonds is 6. The van der Waals surface area contributed by atoms with Crippen LogP contribution in [-0.2, 0) is 11.8 Å². The van der Waals surface area contributed by atoms with Gasteiger partial charge in [0.05, 0.1) is 23.4 Å². The number of benzene rings is 1. The van der Waals surface area contributed by atoms with Gasteiger partial charge < -0.3 is 15.0 Å². The maximum atomic E-state index is 12.3. The van der Waals surface area contributed by atoms with Crippen molar-refractivity contribution in [2.24, 2.45) is 7.05 Å². The summed E-state index contributed by atoms with van der Waals surface area (Å²) in [5.74, 6) is -1.01. The van der Waals surface area contributed by atoms with Gasteiger partial charge >= 0.3 is 5.97 Å². The molecule has 0 aliphatic heterocycles. The lowest BCUT2D eigenvalue weighted by atomic mass is 10.00. The monoisotopic (exact) mass is 275 g/mol. The summed E-state index contributed by atoms with van der Waals surface area (Å²) in [6.07, 6.45) is 1.92. The Labute approximate surface area is 116 Å². The number of carboxylic acids is 1. The predicted octanol–water partition coefficient (Wildman–Crippen LogP) is 1.21.